The number of amides is 2. The summed E-state index contributed by atoms with van der Waals surface area (Å²) >= 11 is 7.01. The monoisotopic (exact) mass is 647 g/mol. The summed E-state index contributed by atoms with van der Waals surface area (Å²) in [5, 5.41) is 22.6. The molecule has 45 heavy (non-hydrogen) atoms. The number of hydrogen-bond donors (Lipinski definition) is 4. The molecule has 2 amide bonds. The van der Waals surface area contributed by atoms with Crippen LogP contribution in [0.3, 0.4) is 0 Å². The van der Waals surface area contributed by atoms with E-state index in [4.69, 9.17) is 27.1 Å². The van der Waals surface area contributed by atoms with E-state index in [1.807, 2.05) is 11.0 Å². The Morgan fingerprint density at radius 3 is 2.69 bits per heavy atom. The number of fused-ring (bicyclic) bond motifs is 2. The molecule has 2 saturated carbocycles. The maximum absolute atomic E-state index is 13.6. The molecule has 3 fully saturated rings. The van der Waals surface area contributed by atoms with Crippen molar-refractivity contribution in [3.63, 3.8) is 0 Å². The van der Waals surface area contributed by atoms with Gasteiger partial charge >= 0.3 is 0 Å². The zero-order valence-corrected chi connectivity index (χ0v) is 26.7. The Hall–Kier alpha value is -3.80. The molecule has 0 spiro atoms. The number of phenols is 2. The molecule has 2 aromatic carbocycles. The summed E-state index contributed by atoms with van der Waals surface area (Å²) in [6.07, 6.45) is 7.89. The van der Waals surface area contributed by atoms with Crippen LogP contribution in [-0.4, -0.2) is 57.0 Å². The van der Waals surface area contributed by atoms with E-state index in [2.05, 4.69) is 5.32 Å². The van der Waals surface area contributed by atoms with E-state index in [0.717, 1.165) is 24.0 Å². The first-order valence-electron chi connectivity index (χ1n) is 15.3. The van der Waals surface area contributed by atoms with Gasteiger partial charge < -0.3 is 30.4 Å². The van der Waals surface area contributed by atoms with E-state index in [1.165, 1.54) is 37.8 Å². The van der Waals surface area contributed by atoms with Crippen molar-refractivity contribution in [3.05, 3.63) is 70.3 Å². The van der Waals surface area contributed by atoms with Crippen LogP contribution in [0.2, 0.25) is 0 Å². The number of aryl methyl sites for hydroxylation is 1. The lowest BCUT2D eigenvalue weighted by molar-refractivity contribution is -0.124. The number of methoxy groups -OCH3 is 1. The van der Waals surface area contributed by atoms with Crippen LogP contribution < -0.4 is 15.8 Å². The molecule has 6 rings (SSSR count). The zero-order valence-electron chi connectivity index (χ0n) is 25.0. The summed E-state index contributed by atoms with van der Waals surface area (Å²) < 4.78 is 12.2. The molecule has 2 aliphatic carbocycles. The SMILES string of the molecule is COc1cc(O)cc(-c2cc(CCCNC(=O)[C@@H](N)Cc3ccc(O)cc3)c(/C=C3\SC(=S)N(C4CC5CCC4C5)C3=O)o2)c1. The number of ether oxygens (including phenoxy) is 1. The number of phenolic OH excluding ortho intramolecular Hbond substituents is 2. The van der Waals surface area contributed by atoms with E-state index in [0.29, 0.717) is 69.7 Å². The molecule has 2 heterocycles. The number of thioether (sulfide) groups is 1. The molecule has 3 unspecified atom stereocenters. The first-order valence-corrected chi connectivity index (χ1v) is 16.5. The number of aromatic hydroxyl groups is 2. The highest BCUT2D eigenvalue weighted by Crippen LogP contribution is 2.49. The molecule has 1 aromatic heterocycles. The Morgan fingerprint density at radius 2 is 1.98 bits per heavy atom. The van der Waals surface area contributed by atoms with Crippen molar-refractivity contribution in [2.45, 2.75) is 57.0 Å². The summed E-state index contributed by atoms with van der Waals surface area (Å²) in [4.78, 5) is 28.6. The lowest BCUT2D eigenvalue weighted by atomic mass is 9.94. The molecule has 236 valence electrons. The van der Waals surface area contributed by atoms with Crippen LogP contribution >= 0.6 is 24.0 Å². The van der Waals surface area contributed by atoms with Crippen molar-refractivity contribution in [1.29, 1.82) is 0 Å². The normalized spacial score (nSPS) is 22.4. The highest BCUT2D eigenvalue weighted by atomic mass is 32.2. The molecule has 1 aliphatic heterocycles. The number of carbonyl (C=O) groups is 2. The van der Waals surface area contributed by atoms with Crippen molar-refractivity contribution in [2.75, 3.05) is 13.7 Å². The van der Waals surface area contributed by atoms with Crippen LogP contribution in [0.5, 0.6) is 17.2 Å². The fourth-order valence-corrected chi connectivity index (χ4v) is 8.10. The Balaban J connectivity index is 1.17. The van der Waals surface area contributed by atoms with Crippen LogP contribution in [0.15, 0.2) is 57.9 Å². The van der Waals surface area contributed by atoms with E-state index in [9.17, 15) is 19.8 Å². The third-order valence-corrected chi connectivity index (χ3v) is 10.4. The van der Waals surface area contributed by atoms with Gasteiger partial charge in [-0.3, -0.25) is 14.5 Å². The van der Waals surface area contributed by atoms with Crippen molar-refractivity contribution in [2.24, 2.45) is 17.6 Å². The maximum atomic E-state index is 13.6. The number of nitrogens with zero attached hydrogens (tertiary/aromatic N) is 1. The number of furan rings is 1. The molecular weight excluding hydrogens is 611 g/mol. The predicted molar refractivity (Wildman–Crippen MR) is 178 cm³/mol. The van der Waals surface area contributed by atoms with Gasteiger partial charge in [0.1, 0.15) is 33.1 Å². The largest absolute Gasteiger partial charge is 0.508 e. The second kappa shape index (κ2) is 13.3. The predicted octanol–water partition coefficient (Wildman–Crippen LogP) is 5.38. The highest BCUT2D eigenvalue weighted by Gasteiger charge is 2.48. The highest BCUT2D eigenvalue weighted by molar-refractivity contribution is 8.26. The third-order valence-electron chi connectivity index (χ3n) is 9.02. The second-order valence-electron chi connectivity index (χ2n) is 12.1. The number of nitrogens with two attached hydrogens (primary N) is 1. The van der Waals surface area contributed by atoms with Crippen LogP contribution in [0.1, 0.15) is 49.0 Å². The number of hydrogen-bond acceptors (Lipinski definition) is 9. The Morgan fingerprint density at radius 1 is 1.18 bits per heavy atom. The van der Waals surface area contributed by atoms with Gasteiger partial charge in [-0.05, 0) is 91.8 Å². The molecule has 0 radical (unpaired) electrons. The van der Waals surface area contributed by atoms with Crippen molar-refractivity contribution < 1.29 is 29.0 Å². The number of carbonyl (C=O) groups excluding carboxylic acids is 2. The molecular formula is C34H37N3O6S2. The fraction of sp³-hybridized carbons (Fsp3) is 0.382. The second-order valence-corrected chi connectivity index (χ2v) is 13.8. The maximum Gasteiger partial charge on any atom is 0.266 e. The third kappa shape index (κ3) is 6.90. The average Bonchev–Trinajstić information content (AvgIpc) is 3.80. The van der Waals surface area contributed by atoms with Gasteiger partial charge in [0.25, 0.3) is 5.91 Å². The molecule has 4 atom stereocenters. The van der Waals surface area contributed by atoms with Gasteiger partial charge in [0.2, 0.25) is 5.91 Å². The summed E-state index contributed by atoms with van der Waals surface area (Å²) in [6.45, 7) is 0.397. The van der Waals surface area contributed by atoms with Crippen LogP contribution in [0.4, 0.5) is 0 Å². The first-order chi connectivity index (χ1) is 21.7. The van der Waals surface area contributed by atoms with Crippen molar-refractivity contribution in [3.8, 4) is 28.6 Å². The smallest absolute Gasteiger partial charge is 0.266 e. The molecule has 1 saturated heterocycles. The van der Waals surface area contributed by atoms with Gasteiger partial charge in [-0.25, -0.2) is 0 Å². The Bertz CT molecular complexity index is 1630. The van der Waals surface area contributed by atoms with Crippen molar-refractivity contribution >= 4 is 46.2 Å². The average molecular weight is 648 g/mol. The van der Waals surface area contributed by atoms with Crippen LogP contribution in [0.25, 0.3) is 17.4 Å². The Kier molecular flexibility index (Phi) is 9.21. The van der Waals surface area contributed by atoms with E-state index >= 15 is 0 Å². The molecule has 9 nitrogen and oxygen atoms in total. The number of rotatable bonds is 11. The number of benzene rings is 2. The van der Waals surface area contributed by atoms with E-state index in [1.54, 1.807) is 42.5 Å². The first kappa shape index (κ1) is 31.2. The Labute approximate surface area is 271 Å². The zero-order chi connectivity index (χ0) is 31.7. The standard InChI is InChI=1S/C34H37N3O6S2/c1-42-26-15-23(14-25(39)17-26)29-16-22(3-2-10-36-32(40)27(35)12-19-5-8-24(38)9-6-19)30(43-29)18-31-33(41)37(34(44)45-31)28-13-20-4-7-21(28)11-20/h5-6,8-9,14-18,20-21,27-28,38-39H,2-4,7,10-13,35H2,1H3,(H,36,40)/b31-18-/t20?,21?,27-,28?/m0/s1. The quantitative estimate of drug-likeness (QED) is 0.123. The van der Waals surface area contributed by atoms with Gasteiger partial charge in [0.15, 0.2) is 0 Å². The minimum Gasteiger partial charge on any atom is -0.508 e. The van der Waals surface area contributed by atoms with Gasteiger partial charge in [0, 0.05) is 30.3 Å². The van der Waals surface area contributed by atoms with E-state index < -0.39 is 6.04 Å². The number of nitrogens with one attached hydrogen (secondary N) is 1. The molecule has 2 bridgehead atoms. The van der Waals surface area contributed by atoms with Gasteiger partial charge in [-0.2, -0.15) is 0 Å². The molecule has 11 heteroatoms. The van der Waals surface area contributed by atoms with Gasteiger partial charge in [0.05, 0.1) is 18.1 Å². The van der Waals surface area contributed by atoms with Crippen molar-refractivity contribution in [1.82, 2.24) is 10.2 Å². The fourth-order valence-electron chi connectivity index (χ4n) is 6.76. The van der Waals surface area contributed by atoms with Gasteiger partial charge in [-0.1, -0.05) is 42.5 Å². The summed E-state index contributed by atoms with van der Waals surface area (Å²) in [5.41, 5.74) is 8.48. The lowest BCUT2D eigenvalue weighted by Crippen LogP contribution is -2.42. The molecule has 3 aromatic rings. The summed E-state index contributed by atoms with van der Waals surface area (Å²) in [7, 11) is 1.53. The van der Waals surface area contributed by atoms with E-state index in [-0.39, 0.29) is 29.4 Å². The van der Waals surface area contributed by atoms with Crippen LogP contribution in [0, 0.1) is 11.8 Å². The lowest BCUT2D eigenvalue weighted by Gasteiger charge is -2.30. The van der Waals surface area contributed by atoms with Gasteiger partial charge in [-0.15, -0.1) is 0 Å². The minimum atomic E-state index is -0.719. The molecule has 5 N–H and O–H groups in total. The minimum absolute atomic E-state index is 0.0435. The number of thiocarbonyl (C=S) groups is 1. The topological polar surface area (TPSA) is 138 Å². The van der Waals surface area contributed by atoms with Crippen LogP contribution in [-0.2, 0) is 22.4 Å². The summed E-state index contributed by atoms with van der Waals surface area (Å²) in [6, 6.07) is 12.9. The summed E-state index contributed by atoms with van der Waals surface area (Å²) in [5.74, 6) is 2.64. The molecule has 3 aliphatic rings.